The summed E-state index contributed by atoms with van der Waals surface area (Å²) >= 11 is 0. The van der Waals surface area contributed by atoms with E-state index in [1.54, 1.807) is 0 Å². The molecule has 1 atom stereocenters. The first-order valence-corrected chi connectivity index (χ1v) is 13.0. The molecule has 35 heavy (non-hydrogen) atoms. The van der Waals surface area contributed by atoms with Crippen molar-refractivity contribution in [2.45, 2.75) is 56.7 Å². The van der Waals surface area contributed by atoms with Crippen molar-refractivity contribution < 1.29 is 4.79 Å². The molecule has 0 aromatic heterocycles. The highest BCUT2D eigenvalue weighted by atomic mass is 16.2. The van der Waals surface area contributed by atoms with E-state index in [9.17, 15) is 10.1 Å². The molecule has 2 aromatic rings. The number of piperazine rings is 1. The zero-order chi connectivity index (χ0) is 24.5. The molecule has 2 aromatic carbocycles. The molecule has 3 aliphatic rings. The summed E-state index contributed by atoms with van der Waals surface area (Å²) in [6.07, 6.45) is 5.61. The molecule has 1 heterocycles. The molecule has 0 bridgehead atoms. The van der Waals surface area contributed by atoms with Crippen molar-refractivity contribution in [2.75, 3.05) is 33.2 Å². The van der Waals surface area contributed by atoms with Crippen molar-refractivity contribution in [1.82, 2.24) is 15.1 Å². The van der Waals surface area contributed by atoms with Crippen LogP contribution in [0.25, 0.3) is 11.1 Å². The Balaban J connectivity index is 1.14. The second-order valence-electron chi connectivity index (χ2n) is 11.2. The van der Waals surface area contributed by atoms with Gasteiger partial charge in [0, 0.05) is 39.1 Å². The normalized spacial score (nSPS) is 22.0. The molecule has 1 spiro atoms. The van der Waals surface area contributed by atoms with Gasteiger partial charge in [-0.25, -0.2) is 0 Å². The fourth-order valence-electron chi connectivity index (χ4n) is 6.04. The molecule has 1 aliphatic heterocycles. The third kappa shape index (κ3) is 5.28. The van der Waals surface area contributed by atoms with Gasteiger partial charge in [-0.2, -0.15) is 5.26 Å². The number of likely N-dealkylation sites (N-methyl/N-ethyl adjacent to an activating group) is 1. The maximum absolute atomic E-state index is 12.7. The Morgan fingerprint density at radius 3 is 2.09 bits per heavy atom. The number of carbonyl (C=O) groups excluding carboxylic acids is 1. The van der Waals surface area contributed by atoms with E-state index in [1.165, 1.54) is 30.4 Å². The predicted octanol–water partition coefficient (Wildman–Crippen LogP) is 3.31. The number of amides is 1. The zero-order valence-corrected chi connectivity index (χ0v) is 20.8. The Hall–Kier alpha value is -2.72. The Bertz CT molecular complexity index is 1070. The Morgan fingerprint density at radius 1 is 1.00 bits per heavy atom. The maximum Gasteiger partial charge on any atom is 0.241 e. The average molecular weight is 472 g/mol. The summed E-state index contributed by atoms with van der Waals surface area (Å²) in [5.74, 6) is -0.171. The lowest BCUT2D eigenvalue weighted by Gasteiger charge is -2.58. The Labute approximate surface area is 209 Å². The van der Waals surface area contributed by atoms with Crippen LogP contribution in [0.4, 0.5) is 0 Å². The molecule has 1 amide bonds. The van der Waals surface area contributed by atoms with Crippen LogP contribution in [0.1, 0.15) is 43.2 Å². The third-order valence-corrected chi connectivity index (χ3v) is 8.39. The van der Waals surface area contributed by atoms with Crippen LogP contribution >= 0.6 is 0 Å². The van der Waals surface area contributed by atoms with Gasteiger partial charge >= 0.3 is 0 Å². The molecule has 184 valence electrons. The second kappa shape index (κ2) is 9.73. The third-order valence-electron chi connectivity index (χ3n) is 8.39. The monoisotopic (exact) mass is 471 g/mol. The van der Waals surface area contributed by atoms with Gasteiger partial charge in [-0.15, -0.1) is 0 Å². The fourth-order valence-corrected chi connectivity index (χ4v) is 6.04. The molecule has 0 unspecified atom stereocenters. The topological polar surface area (TPSA) is 85.4 Å². The van der Waals surface area contributed by atoms with Gasteiger partial charge in [0.15, 0.2) is 0 Å². The second-order valence-corrected chi connectivity index (χ2v) is 11.2. The molecule has 6 heteroatoms. The SMILES string of the molecule is CN1CCN(Cc2ccc(-c3ccc(C[C@H](C#N)NC(=O)C4(N)CC5(CCC5)C4)cc3)cc2)CC1. The molecule has 3 N–H and O–H groups in total. The van der Waals surface area contributed by atoms with Crippen molar-refractivity contribution in [2.24, 2.45) is 11.1 Å². The number of nitrogens with two attached hydrogens (primary N) is 1. The zero-order valence-electron chi connectivity index (χ0n) is 20.8. The minimum absolute atomic E-state index is 0.171. The summed E-state index contributed by atoms with van der Waals surface area (Å²) in [7, 11) is 2.18. The molecule has 2 saturated carbocycles. The van der Waals surface area contributed by atoms with Crippen molar-refractivity contribution in [3.05, 3.63) is 59.7 Å². The van der Waals surface area contributed by atoms with Crippen LogP contribution in [0.5, 0.6) is 0 Å². The maximum atomic E-state index is 12.7. The number of benzene rings is 2. The standard InChI is InChI=1S/C29H37N5O/c1-33-13-15-34(16-14-33)19-23-5-9-25(10-6-23)24-7-3-22(4-8-24)17-26(18-30)32-27(35)29(31)20-28(21-29)11-2-12-28/h3-10,26H,2,11-17,19-21,31H2,1H3,(H,32,35)/t26-/m1/s1. The molecule has 2 aliphatic carbocycles. The van der Waals surface area contributed by atoms with Crippen LogP contribution in [-0.2, 0) is 17.8 Å². The van der Waals surface area contributed by atoms with Gasteiger partial charge < -0.3 is 16.0 Å². The quantitative estimate of drug-likeness (QED) is 0.647. The van der Waals surface area contributed by atoms with Gasteiger partial charge in [0.2, 0.25) is 5.91 Å². The predicted molar refractivity (Wildman–Crippen MR) is 138 cm³/mol. The van der Waals surface area contributed by atoms with E-state index in [-0.39, 0.29) is 5.91 Å². The van der Waals surface area contributed by atoms with E-state index >= 15 is 0 Å². The first-order valence-electron chi connectivity index (χ1n) is 13.0. The summed E-state index contributed by atoms with van der Waals surface area (Å²) in [5, 5.41) is 12.5. The lowest BCUT2D eigenvalue weighted by Crippen LogP contribution is -2.68. The highest BCUT2D eigenvalue weighted by Gasteiger charge is 2.58. The molecule has 6 nitrogen and oxygen atoms in total. The molecule has 1 saturated heterocycles. The molecular weight excluding hydrogens is 434 g/mol. The highest BCUT2D eigenvalue weighted by Crippen LogP contribution is 2.59. The van der Waals surface area contributed by atoms with E-state index in [0.717, 1.165) is 56.7 Å². The molecular formula is C29H37N5O. The van der Waals surface area contributed by atoms with Crippen LogP contribution in [0.3, 0.4) is 0 Å². The van der Waals surface area contributed by atoms with E-state index in [2.05, 4.69) is 76.8 Å². The summed E-state index contributed by atoms with van der Waals surface area (Å²) in [6.45, 7) is 5.51. The number of nitrogens with one attached hydrogen (secondary N) is 1. The van der Waals surface area contributed by atoms with Gasteiger partial charge in [-0.05, 0) is 60.4 Å². The number of rotatable bonds is 7. The molecule has 3 fully saturated rings. The molecule has 0 radical (unpaired) electrons. The Kier molecular flexibility index (Phi) is 6.67. The number of nitrogens with zero attached hydrogens (tertiary/aromatic N) is 3. The van der Waals surface area contributed by atoms with Gasteiger partial charge in [-0.1, -0.05) is 55.0 Å². The van der Waals surface area contributed by atoms with Gasteiger partial charge in [0.1, 0.15) is 6.04 Å². The van der Waals surface area contributed by atoms with E-state index < -0.39 is 11.6 Å². The average Bonchev–Trinajstić information content (AvgIpc) is 2.83. The largest absolute Gasteiger partial charge is 0.338 e. The van der Waals surface area contributed by atoms with Crippen molar-refractivity contribution in [1.29, 1.82) is 5.26 Å². The summed E-state index contributed by atoms with van der Waals surface area (Å²) in [5.41, 5.74) is 10.6. The van der Waals surface area contributed by atoms with Crippen LogP contribution in [0.2, 0.25) is 0 Å². The Morgan fingerprint density at radius 2 is 1.57 bits per heavy atom. The first kappa shape index (κ1) is 24.0. The first-order chi connectivity index (χ1) is 16.9. The number of carbonyl (C=O) groups is 1. The van der Waals surface area contributed by atoms with Crippen LogP contribution in [0, 0.1) is 16.7 Å². The van der Waals surface area contributed by atoms with Crippen LogP contribution < -0.4 is 11.1 Å². The van der Waals surface area contributed by atoms with Crippen molar-refractivity contribution in [3.8, 4) is 17.2 Å². The van der Waals surface area contributed by atoms with Crippen molar-refractivity contribution >= 4 is 5.91 Å². The van der Waals surface area contributed by atoms with Gasteiger partial charge in [0.05, 0.1) is 11.6 Å². The minimum Gasteiger partial charge on any atom is -0.338 e. The highest BCUT2D eigenvalue weighted by molar-refractivity contribution is 5.88. The smallest absolute Gasteiger partial charge is 0.241 e. The van der Waals surface area contributed by atoms with Gasteiger partial charge in [-0.3, -0.25) is 9.69 Å². The summed E-state index contributed by atoms with van der Waals surface area (Å²) < 4.78 is 0. The number of hydrogen-bond donors (Lipinski definition) is 2. The minimum atomic E-state index is -0.796. The van der Waals surface area contributed by atoms with E-state index in [0.29, 0.717) is 11.8 Å². The van der Waals surface area contributed by atoms with E-state index in [1.807, 2.05) is 0 Å². The molecule has 5 rings (SSSR count). The van der Waals surface area contributed by atoms with E-state index in [4.69, 9.17) is 5.73 Å². The summed E-state index contributed by atoms with van der Waals surface area (Å²) in [4.78, 5) is 17.6. The van der Waals surface area contributed by atoms with Crippen LogP contribution in [0.15, 0.2) is 48.5 Å². The van der Waals surface area contributed by atoms with Crippen molar-refractivity contribution in [3.63, 3.8) is 0 Å². The van der Waals surface area contributed by atoms with Gasteiger partial charge in [0.25, 0.3) is 0 Å². The lowest BCUT2D eigenvalue weighted by atomic mass is 9.48. The fraction of sp³-hybridized carbons (Fsp3) is 0.517. The lowest BCUT2D eigenvalue weighted by molar-refractivity contribution is -0.141. The number of hydrogen-bond acceptors (Lipinski definition) is 5. The number of nitriles is 1. The van der Waals surface area contributed by atoms with Crippen LogP contribution in [-0.4, -0.2) is 60.5 Å². The summed E-state index contributed by atoms with van der Waals surface area (Å²) in [6, 6.07) is 18.8.